The molecule has 1 unspecified atom stereocenters. The van der Waals surface area contributed by atoms with Crippen molar-refractivity contribution in [2.24, 2.45) is 0 Å². The minimum Gasteiger partial charge on any atom is -0.480 e. The van der Waals surface area contributed by atoms with E-state index in [0.717, 1.165) is 44.2 Å². The molecule has 0 heterocycles. The summed E-state index contributed by atoms with van der Waals surface area (Å²) >= 11 is 0. The van der Waals surface area contributed by atoms with Crippen LogP contribution >= 0.6 is 0 Å². The summed E-state index contributed by atoms with van der Waals surface area (Å²) in [6, 6.07) is 8.68. The second-order valence-electron chi connectivity index (χ2n) is 8.47. The van der Waals surface area contributed by atoms with E-state index in [9.17, 15) is 14.4 Å². The summed E-state index contributed by atoms with van der Waals surface area (Å²) in [6.45, 7) is 7.62. The Morgan fingerprint density at radius 3 is 2.13 bits per heavy atom. The third-order valence-corrected chi connectivity index (χ3v) is 4.47. The zero-order valence-electron chi connectivity index (χ0n) is 18.6. The molecule has 0 saturated carbocycles. The molecule has 0 bridgehead atoms. The van der Waals surface area contributed by atoms with Crippen molar-refractivity contribution in [3.05, 3.63) is 30.3 Å². The summed E-state index contributed by atoms with van der Waals surface area (Å²) in [5.41, 5.74) is 0.284. The zero-order valence-corrected chi connectivity index (χ0v) is 18.6. The molecule has 1 aromatic carbocycles. The maximum Gasteiger partial charge on any atom is 0.414 e. The number of hydrogen-bond acceptors (Lipinski definition) is 4. The van der Waals surface area contributed by atoms with Crippen LogP contribution in [0.1, 0.15) is 72.6 Å². The number of unbranched alkanes of at least 4 members (excludes halogenated alkanes) is 5. The Kier molecular flexibility index (Phi) is 10.9. The summed E-state index contributed by atoms with van der Waals surface area (Å²) in [5.74, 6) is -1.25. The topological polar surface area (TPSA) is 95.9 Å². The predicted octanol–water partition coefficient (Wildman–Crippen LogP) is 4.75. The van der Waals surface area contributed by atoms with Gasteiger partial charge < -0.3 is 15.2 Å². The number of rotatable bonds is 12. The third kappa shape index (κ3) is 10.8. The highest BCUT2D eigenvalue weighted by Gasteiger charge is 2.23. The first kappa shape index (κ1) is 25.5. The van der Waals surface area contributed by atoms with Crippen LogP contribution in [0.15, 0.2) is 30.3 Å². The van der Waals surface area contributed by atoms with Crippen molar-refractivity contribution >= 4 is 23.7 Å². The molecule has 0 aliphatic carbocycles. The van der Waals surface area contributed by atoms with E-state index in [1.165, 1.54) is 6.92 Å². The lowest BCUT2D eigenvalue weighted by atomic mass is 10.1. The lowest BCUT2D eigenvalue weighted by Gasteiger charge is -2.27. The van der Waals surface area contributed by atoms with Crippen LogP contribution in [0, 0.1) is 0 Å². The van der Waals surface area contributed by atoms with Gasteiger partial charge in [-0.1, -0.05) is 43.9 Å². The number of nitrogens with zero attached hydrogens (tertiary/aromatic N) is 1. The van der Waals surface area contributed by atoms with Crippen LogP contribution < -0.4 is 10.2 Å². The fourth-order valence-electron chi connectivity index (χ4n) is 2.89. The highest BCUT2D eigenvalue weighted by molar-refractivity contribution is 5.87. The number of carbonyl (C=O) groups is 3. The minimum absolute atomic E-state index is 0.222. The predicted molar refractivity (Wildman–Crippen MR) is 118 cm³/mol. The Morgan fingerprint density at radius 1 is 1.00 bits per heavy atom. The molecule has 0 aliphatic heterocycles. The number of para-hydroxylation sites is 1. The SMILES string of the molecule is CC(NC(=O)CCCCCCCCN(C(=O)OC(C)(C)C)c1ccccc1)C(=O)O. The Hall–Kier alpha value is -2.57. The molecule has 0 spiro atoms. The summed E-state index contributed by atoms with van der Waals surface area (Å²) in [6.07, 6.45) is 5.53. The van der Waals surface area contributed by atoms with Gasteiger partial charge in [-0.3, -0.25) is 14.5 Å². The van der Waals surface area contributed by atoms with Crippen molar-refractivity contribution in [1.29, 1.82) is 0 Å². The fraction of sp³-hybridized carbons (Fsp3) is 0.609. The first-order valence-electron chi connectivity index (χ1n) is 10.7. The lowest BCUT2D eigenvalue weighted by molar-refractivity contribution is -0.141. The van der Waals surface area contributed by atoms with Crippen LogP contribution in [0.4, 0.5) is 10.5 Å². The van der Waals surface area contributed by atoms with Crippen LogP contribution in [0.2, 0.25) is 0 Å². The number of carbonyl (C=O) groups excluding carboxylic acids is 2. The molecule has 0 radical (unpaired) electrons. The maximum absolute atomic E-state index is 12.6. The number of nitrogens with one attached hydrogen (secondary N) is 1. The van der Waals surface area contributed by atoms with Crippen LogP contribution in [-0.4, -0.2) is 41.3 Å². The second-order valence-corrected chi connectivity index (χ2v) is 8.47. The summed E-state index contributed by atoms with van der Waals surface area (Å²) in [5, 5.41) is 11.2. The van der Waals surface area contributed by atoms with E-state index in [0.29, 0.717) is 13.0 Å². The summed E-state index contributed by atoms with van der Waals surface area (Å²) in [4.78, 5) is 36.6. The quantitative estimate of drug-likeness (QED) is 0.476. The monoisotopic (exact) mass is 420 g/mol. The first-order valence-corrected chi connectivity index (χ1v) is 10.7. The lowest BCUT2D eigenvalue weighted by Crippen LogP contribution is -2.38. The Labute approximate surface area is 179 Å². The van der Waals surface area contributed by atoms with Crippen LogP contribution in [0.3, 0.4) is 0 Å². The van der Waals surface area contributed by atoms with Crippen molar-refractivity contribution < 1.29 is 24.2 Å². The van der Waals surface area contributed by atoms with Crippen LogP contribution in [0.5, 0.6) is 0 Å². The van der Waals surface area contributed by atoms with Gasteiger partial charge in [0.1, 0.15) is 11.6 Å². The molecule has 0 fully saturated rings. The largest absolute Gasteiger partial charge is 0.480 e. The number of ether oxygens (including phenoxy) is 1. The molecule has 0 aliphatic rings. The van der Waals surface area contributed by atoms with Gasteiger partial charge in [0, 0.05) is 18.7 Å². The molecule has 1 aromatic rings. The Bertz CT molecular complexity index is 670. The molecule has 30 heavy (non-hydrogen) atoms. The molecule has 7 nitrogen and oxygen atoms in total. The number of amides is 2. The smallest absolute Gasteiger partial charge is 0.414 e. The van der Waals surface area contributed by atoms with Crippen molar-refractivity contribution in [3.63, 3.8) is 0 Å². The third-order valence-electron chi connectivity index (χ3n) is 4.47. The van der Waals surface area contributed by atoms with Gasteiger partial charge >= 0.3 is 12.1 Å². The minimum atomic E-state index is -1.03. The van der Waals surface area contributed by atoms with Gasteiger partial charge in [0.15, 0.2) is 0 Å². The molecular weight excluding hydrogens is 384 g/mol. The molecule has 168 valence electrons. The molecule has 2 amide bonds. The molecule has 1 atom stereocenters. The van der Waals surface area contributed by atoms with Gasteiger partial charge in [0.25, 0.3) is 0 Å². The molecular formula is C23H36N2O5. The number of carboxylic acid groups (broad SMARTS) is 1. The number of carboxylic acids is 1. The molecule has 0 saturated heterocycles. The highest BCUT2D eigenvalue weighted by Crippen LogP contribution is 2.19. The van der Waals surface area contributed by atoms with Gasteiger partial charge in [-0.2, -0.15) is 0 Å². The van der Waals surface area contributed by atoms with E-state index in [1.807, 2.05) is 51.1 Å². The van der Waals surface area contributed by atoms with Crippen molar-refractivity contribution in [3.8, 4) is 0 Å². The number of benzene rings is 1. The molecule has 1 rings (SSSR count). The van der Waals surface area contributed by atoms with E-state index >= 15 is 0 Å². The number of anilines is 1. The number of hydrogen-bond donors (Lipinski definition) is 2. The van der Waals surface area contributed by atoms with E-state index < -0.39 is 17.6 Å². The summed E-state index contributed by atoms with van der Waals surface area (Å²) < 4.78 is 5.54. The van der Waals surface area contributed by atoms with E-state index in [4.69, 9.17) is 9.84 Å². The normalized spacial score (nSPS) is 12.1. The van der Waals surface area contributed by atoms with Gasteiger partial charge in [0.2, 0.25) is 5.91 Å². The average Bonchev–Trinajstić information content (AvgIpc) is 2.65. The number of aliphatic carboxylic acids is 1. The van der Waals surface area contributed by atoms with E-state index in [2.05, 4.69) is 5.32 Å². The maximum atomic E-state index is 12.6. The first-order chi connectivity index (χ1) is 14.1. The van der Waals surface area contributed by atoms with E-state index in [1.54, 1.807) is 4.90 Å². The summed E-state index contributed by atoms with van der Waals surface area (Å²) in [7, 11) is 0. The van der Waals surface area contributed by atoms with Crippen molar-refractivity contribution in [2.75, 3.05) is 11.4 Å². The molecule has 0 aromatic heterocycles. The van der Waals surface area contributed by atoms with Gasteiger partial charge in [-0.25, -0.2) is 4.79 Å². The Balaban J connectivity index is 2.30. The van der Waals surface area contributed by atoms with Crippen LogP contribution in [-0.2, 0) is 14.3 Å². The van der Waals surface area contributed by atoms with Gasteiger partial charge in [-0.15, -0.1) is 0 Å². The van der Waals surface area contributed by atoms with Crippen molar-refractivity contribution in [2.45, 2.75) is 84.3 Å². The highest BCUT2D eigenvalue weighted by atomic mass is 16.6. The Morgan fingerprint density at radius 2 is 1.57 bits per heavy atom. The van der Waals surface area contributed by atoms with E-state index in [-0.39, 0.29) is 12.0 Å². The van der Waals surface area contributed by atoms with Gasteiger partial charge in [0.05, 0.1) is 0 Å². The van der Waals surface area contributed by atoms with Gasteiger partial charge in [-0.05, 0) is 52.7 Å². The second kappa shape index (κ2) is 12.9. The fourth-order valence-corrected chi connectivity index (χ4v) is 2.89. The molecule has 2 N–H and O–H groups in total. The molecule has 7 heteroatoms. The zero-order chi connectivity index (χ0) is 22.6. The standard InChI is InChI=1S/C23H36N2O5/c1-18(21(27)28)24-20(26)16-12-7-5-6-8-13-17-25(19-14-10-9-11-15-19)22(29)30-23(2,3)4/h9-11,14-15,18H,5-8,12-13,16-17H2,1-4H3,(H,24,26)(H,27,28). The van der Waals surface area contributed by atoms with Crippen molar-refractivity contribution in [1.82, 2.24) is 5.32 Å². The average molecular weight is 421 g/mol. The van der Waals surface area contributed by atoms with Crippen LogP contribution in [0.25, 0.3) is 0 Å².